The molecule has 6 aromatic rings. The highest BCUT2D eigenvalue weighted by atomic mass is 35.5. The highest BCUT2D eigenvalue weighted by Gasteiger charge is 2.41. The minimum absolute atomic E-state index is 0.00610. The summed E-state index contributed by atoms with van der Waals surface area (Å²) >= 11 is 6.42. The molecule has 2 aliphatic rings. The molecule has 2 aliphatic heterocycles. The number of hydrogen-bond donors (Lipinski definition) is 4. The molecule has 4 heterocycles. The van der Waals surface area contributed by atoms with E-state index in [2.05, 4.69) is 9.97 Å². The van der Waals surface area contributed by atoms with E-state index < -0.39 is 18.1 Å². The van der Waals surface area contributed by atoms with E-state index in [1.54, 1.807) is 44.4 Å². The Morgan fingerprint density at radius 3 is 2.26 bits per heavy atom. The molecule has 0 saturated heterocycles. The summed E-state index contributed by atoms with van der Waals surface area (Å²) in [6.45, 7) is 3.92. The number of phenols is 2. The number of H-pyrrole nitrogens is 2. The predicted molar refractivity (Wildman–Crippen MR) is 193 cm³/mol. The average molecular weight is 689 g/mol. The summed E-state index contributed by atoms with van der Waals surface area (Å²) in [6.07, 6.45) is 1.46. The number of halogens is 1. The molecule has 50 heavy (non-hydrogen) atoms. The molecule has 0 aliphatic carbocycles. The van der Waals surface area contributed by atoms with Crippen LogP contribution in [0.1, 0.15) is 77.6 Å². The third kappa shape index (κ3) is 5.15. The van der Waals surface area contributed by atoms with Crippen molar-refractivity contribution in [2.75, 3.05) is 13.7 Å². The highest BCUT2D eigenvalue weighted by Crippen LogP contribution is 2.48. The average Bonchev–Trinajstić information content (AvgIpc) is 3.66. The summed E-state index contributed by atoms with van der Waals surface area (Å²) in [4.78, 5) is 38.2. The summed E-state index contributed by atoms with van der Waals surface area (Å²) in [5.74, 6) is 0.695. The van der Waals surface area contributed by atoms with Crippen LogP contribution in [0.5, 0.6) is 17.2 Å². The maximum atomic E-state index is 13.8. The number of nitrogens with one attached hydrogen (secondary N) is 2. The smallest absolute Gasteiger partial charge is 0.223 e. The first kappa shape index (κ1) is 31.8. The number of phenolic OH excluding ortho intramolecular Hbond substituents is 2. The number of aromatic hydroxyl groups is 2. The van der Waals surface area contributed by atoms with Gasteiger partial charge in [0.05, 0.1) is 25.2 Å². The maximum absolute atomic E-state index is 13.8. The normalized spacial score (nSPS) is 18.7. The van der Waals surface area contributed by atoms with E-state index in [0.717, 1.165) is 61.0 Å². The van der Waals surface area contributed by atoms with Gasteiger partial charge in [-0.2, -0.15) is 0 Å². The van der Waals surface area contributed by atoms with Gasteiger partial charge in [-0.3, -0.25) is 9.59 Å². The Morgan fingerprint density at radius 2 is 1.54 bits per heavy atom. The quantitative estimate of drug-likeness (QED) is 0.147. The molecule has 2 amide bonds. The Kier molecular flexibility index (Phi) is 7.75. The van der Waals surface area contributed by atoms with E-state index in [1.165, 1.54) is 0 Å². The molecule has 4 aromatic carbocycles. The van der Waals surface area contributed by atoms with Crippen LogP contribution < -0.4 is 4.74 Å². The van der Waals surface area contributed by atoms with Crippen molar-refractivity contribution in [1.82, 2.24) is 19.8 Å². The van der Waals surface area contributed by atoms with Crippen LogP contribution in [0, 0.1) is 0 Å². The van der Waals surface area contributed by atoms with Crippen LogP contribution in [0.4, 0.5) is 0 Å². The molecular formula is C40H37ClN4O5. The number of aromatic amines is 2. The fraction of sp³-hybridized carbons (Fsp3) is 0.250. The minimum Gasteiger partial charge on any atom is -0.508 e. The SMILES string of the molecule is CCC(=O)N1CCc2c([nH]c3ccc(Cl)cc23)C1c1cc(O)cc(C2Cc3c([nH]c4ccc(OC)cc34)C(c3cccc(O)c3)N2C(C)=O)c1. The third-order valence-electron chi connectivity index (χ3n) is 10.4. The van der Waals surface area contributed by atoms with E-state index >= 15 is 0 Å². The van der Waals surface area contributed by atoms with Crippen LogP contribution in [0.25, 0.3) is 21.8 Å². The first-order valence-electron chi connectivity index (χ1n) is 16.8. The van der Waals surface area contributed by atoms with Crippen LogP contribution in [-0.4, -0.2) is 55.4 Å². The van der Waals surface area contributed by atoms with Gasteiger partial charge in [0, 0.05) is 58.1 Å². The van der Waals surface area contributed by atoms with Gasteiger partial charge in [0.25, 0.3) is 0 Å². The molecule has 0 fully saturated rings. The van der Waals surface area contributed by atoms with Gasteiger partial charge in [0.15, 0.2) is 0 Å². The number of methoxy groups -OCH3 is 1. The molecule has 0 saturated carbocycles. The number of aromatic nitrogens is 2. The second-order valence-electron chi connectivity index (χ2n) is 13.2. The summed E-state index contributed by atoms with van der Waals surface area (Å²) in [6, 6.07) is 22.5. The number of amides is 2. The number of carbonyl (C=O) groups excluding carboxylic acids is 2. The maximum Gasteiger partial charge on any atom is 0.223 e. The van der Waals surface area contributed by atoms with Crippen molar-refractivity contribution in [1.29, 1.82) is 0 Å². The predicted octanol–water partition coefficient (Wildman–Crippen LogP) is 7.84. The van der Waals surface area contributed by atoms with Crippen molar-refractivity contribution in [3.05, 3.63) is 123 Å². The molecule has 0 spiro atoms. The van der Waals surface area contributed by atoms with Gasteiger partial charge in [-0.15, -0.1) is 0 Å². The van der Waals surface area contributed by atoms with Crippen LogP contribution in [0.15, 0.2) is 78.9 Å². The zero-order valence-electron chi connectivity index (χ0n) is 28.0. The Labute approximate surface area is 294 Å². The van der Waals surface area contributed by atoms with Crippen molar-refractivity contribution in [3.63, 3.8) is 0 Å². The van der Waals surface area contributed by atoms with E-state index in [4.69, 9.17) is 16.3 Å². The van der Waals surface area contributed by atoms with Crippen molar-refractivity contribution in [2.24, 2.45) is 0 Å². The van der Waals surface area contributed by atoms with Crippen molar-refractivity contribution in [2.45, 2.75) is 51.2 Å². The van der Waals surface area contributed by atoms with Crippen LogP contribution in [0.2, 0.25) is 5.02 Å². The lowest BCUT2D eigenvalue weighted by Crippen LogP contribution is -2.42. The highest BCUT2D eigenvalue weighted by molar-refractivity contribution is 6.31. The van der Waals surface area contributed by atoms with Crippen molar-refractivity contribution in [3.8, 4) is 17.2 Å². The van der Waals surface area contributed by atoms with Gasteiger partial charge in [-0.1, -0.05) is 36.7 Å². The summed E-state index contributed by atoms with van der Waals surface area (Å²) in [7, 11) is 1.63. The van der Waals surface area contributed by atoms with Crippen molar-refractivity contribution >= 4 is 45.2 Å². The largest absolute Gasteiger partial charge is 0.508 e. The summed E-state index contributed by atoms with van der Waals surface area (Å²) in [5, 5.41) is 24.6. The monoisotopic (exact) mass is 688 g/mol. The first-order valence-corrected chi connectivity index (χ1v) is 17.2. The minimum atomic E-state index is -0.560. The lowest BCUT2D eigenvalue weighted by Gasteiger charge is -2.43. The molecule has 10 heteroatoms. The van der Waals surface area contributed by atoms with Gasteiger partial charge in [0.1, 0.15) is 17.2 Å². The first-order chi connectivity index (χ1) is 24.1. The molecule has 3 atom stereocenters. The zero-order valence-corrected chi connectivity index (χ0v) is 28.7. The molecular weight excluding hydrogens is 652 g/mol. The molecule has 4 N–H and O–H groups in total. The standard InChI is InChI=1S/C40H37ClN4O5/c1-4-36(49)44-13-12-29-30-18-25(41)8-10-33(30)42-37(29)39(44)24-14-23(16-27(48)17-24)35-20-32-31-19-28(50-3)9-11-34(31)43-38(32)40(45(35)21(2)46)22-6-5-7-26(47)15-22/h5-11,14-19,35,39-40,42-43,47-48H,4,12-13,20H2,1-3H3. The van der Waals surface area contributed by atoms with E-state index in [0.29, 0.717) is 36.6 Å². The van der Waals surface area contributed by atoms with Gasteiger partial charge < -0.3 is 34.7 Å². The fourth-order valence-electron chi connectivity index (χ4n) is 8.23. The number of nitrogens with zero attached hydrogens (tertiary/aromatic N) is 2. The van der Waals surface area contributed by atoms with E-state index in [9.17, 15) is 19.8 Å². The van der Waals surface area contributed by atoms with Crippen LogP contribution in [0.3, 0.4) is 0 Å². The van der Waals surface area contributed by atoms with Gasteiger partial charge in [-0.25, -0.2) is 0 Å². The van der Waals surface area contributed by atoms with E-state index in [1.807, 2.05) is 65.3 Å². The lowest BCUT2D eigenvalue weighted by molar-refractivity contribution is -0.134. The molecule has 0 radical (unpaired) electrons. The Balaban J connectivity index is 1.33. The third-order valence-corrected chi connectivity index (χ3v) is 10.6. The zero-order chi connectivity index (χ0) is 34.8. The second-order valence-corrected chi connectivity index (χ2v) is 13.7. The van der Waals surface area contributed by atoms with Crippen LogP contribution in [-0.2, 0) is 22.4 Å². The van der Waals surface area contributed by atoms with E-state index in [-0.39, 0.29) is 23.3 Å². The van der Waals surface area contributed by atoms with Gasteiger partial charge in [0.2, 0.25) is 11.8 Å². The molecule has 2 aromatic heterocycles. The number of hydrogen-bond acceptors (Lipinski definition) is 5. The van der Waals surface area contributed by atoms with Gasteiger partial charge in [-0.05, 0) is 101 Å². The Morgan fingerprint density at radius 1 is 0.840 bits per heavy atom. The summed E-state index contributed by atoms with van der Waals surface area (Å²) in [5.41, 5.74) is 7.94. The molecule has 254 valence electrons. The fourth-order valence-corrected chi connectivity index (χ4v) is 8.40. The van der Waals surface area contributed by atoms with Crippen molar-refractivity contribution < 1.29 is 24.5 Å². The summed E-state index contributed by atoms with van der Waals surface area (Å²) < 4.78 is 5.59. The topological polar surface area (TPSA) is 122 Å². The molecule has 3 unspecified atom stereocenters. The molecule has 8 rings (SSSR count). The molecule has 0 bridgehead atoms. The Hall–Kier alpha value is -5.41. The number of rotatable bonds is 5. The second kappa shape index (κ2) is 12.2. The Bertz CT molecular complexity index is 2330. The molecule has 9 nitrogen and oxygen atoms in total. The van der Waals surface area contributed by atoms with Gasteiger partial charge >= 0.3 is 0 Å². The number of carbonyl (C=O) groups is 2. The lowest BCUT2D eigenvalue weighted by atomic mass is 9.83. The van der Waals surface area contributed by atoms with Crippen LogP contribution >= 0.6 is 11.6 Å². The number of benzene rings is 4. The number of fused-ring (bicyclic) bond motifs is 6. The number of ether oxygens (including phenoxy) is 1.